The molecule has 0 radical (unpaired) electrons. The molecule has 1 aromatic rings. The molecule has 2 bridgehead atoms. The van der Waals surface area contributed by atoms with E-state index in [1.807, 2.05) is 0 Å². The molecule has 3 heterocycles. The van der Waals surface area contributed by atoms with Gasteiger partial charge in [-0.3, -0.25) is 0 Å². The number of piperidine rings is 1. The van der Waals surface area contributed by atoms with Crippen LogP contribution in [-0.4, -0.2) is 12.1 Å². The number of H-pyrrole nitrogens is 1. The quantitative estimate of drug-likeness (QED) is 0.683. The first-order valence-corrected chi connectivity index (χ1v) is 5.83. The highest BCUT2D eigenvalue weighted by Gasteiger charge is 2.46. The summed E-state index contributed by atoms with van der Waals surface area (Å²) in [6, 6.07) is 4.61. The summed E-state index contributed by atoms with van der Waals surface area (Å²) >= 11 is 0. The van der Waals surface area contributed by atoms with E-state index >= 15 is 0 Å². The van der Waals surface area contributed by atoms with E-state index in [0.29, 0.717) is 12.1 Å². The van der Waals surface area contributed by atoms with Crippen molar-refractivity contribution in [3.63, 3.8) is 0 Å². The van der Waals surface area contributed by atoms with Gasteiger partial charge in [0.1, 0.15) is 17.5 Å². The van der Waals surface area contributed by atoms with Crippen molar-refractivity contribution in [1.82, 2.24) is 0 Å². The van der Waals surface area contributed by atoms with Crippen molar-refractivity contribution in [3.8, 4) is 6.07 Å². The van der Waals surface area contributed by atoms with E-state index in [4.69, 9.17) is 0 Å². The molecule has 0 aliphatic carbocycles. The Morgan fingerprint density at radius 1 is 1.35 bits per heavy atom. The second kappa shape index (κ2) is 3.64. The average Bonchev–Trinajstić information content (AvgIpc) is 2.69. The lowest BCUT2D eigenvalue weighted by Gasteiger charge is -2.32. The number of pyridine rings is 1. The van der Waals surface area contributed by atoms with Gasteiger partial charge in [0.2, 0.25) is 6.20 Å². The predicted molar refractivity (Wildman–Crippen MR) is 58.1 cm³/mol. The third-order valence-electron chi connectivity index (χ3n) is 3.79. The van der Waals surface area contributed by atoms with Crippen LogP contribution in [0, 0.1) is 17.1 Å². The summed E-state index contributed by atoms with van der Waals surface area (Å²) in [6.07, 6.45) is 8.88. The van der Waals surface area contributed by atoms with E-state index in [1.165, 1.54) is 12.3 Å². The third kappa shape index (κ3) is 1.63. The first-order valence-electron chi connectivity index (χ1n) is 5.83. The van der Waals surface area contributed by atoms with Crippen LogP contribution in [0.5, 0.6) is 0 Å². The van der Waals surface area contributed by atoms with Crippen LogP contribution in [0.25, 0.3) is 0 Å². The molecule has 1 aromatic heterocycles. The summed E-state index contributed by atoms with van der Waals surface area (Å²) in [6.45, 7) is 0. The monoisotopic (exact) mass is 231 g/mol. The van der Waals surface area contributed by atoms with Crippen LogP contribution >= 0.6 is 0 Å². The van der Waals surface area contributed by atoms with E-state index in [-0.39, 0.29) is 5.82 Å². The molecule has 1 unspecified atom stereocenters. The van der Waals surface area contributed by atoms with Crippen molar-refractivity contribution >= 4 is 0 Å². The number of quaternary nitrogens is 1. The molecular weight excluding hydrogens is 217 g/mol. The third-order valence-corrected chi connectivity index (χ3v) is 3.79. The van der Waals surface area contributed by atoms with Crippen LogP contribution in [0.1, 0.15) is 18.4 Å². The molecule has 0 spiro atoms. The Morgan fingerprint density at radius 3 is 2.65 bits per heavy atom. The fraction of sp³-hybridized carbons (Fsp3) is 0.385. The fourth-order valence-corrected chi connectivity index (χ4v) is 3.00. The maximum absolute atomic E-state index is 13.3. The van der Waals surface area contributed by atoms with Crippen molar-refractivity contribution in [2.24, 2.45) is 0 Å². The Labute approximate surface area is 99.0 Å². The Hall–Kier alpha value is -1.73. The number of aromatic nitrogens is 1. The Balaban J connectivity index is 2.02. The number of hydrogen-bond acceptors (Lipinski definition) is 1. The molecule has 2 aliphatic heterocycles. The van der Waals surface area contributed by atoms with Crippen LogP contribution in [0.3, 0.4) is 0 Å². The Kier molecular flexibility index (Phi) is 2.23. The van der Waals surface area contributed by atoms with Crippen molar-refractivity contribution in [1.29, 1.82) is 5.26 Å². The van der Waals surface area contributed by atoms with E-state index in [2.05, 4.69) is 28.5 Å². The number of hydrogen-bond donors (Lipinski definition) is 1. The van der Waals surface area contributed by atoms with Crippen LogP contribution in [0.4, 0.5) is 4.39 Å². The molecule has 0 aromatic carbocycles. The van der Waals surface area contributed by atoms with Crippen molar-refractivity contribution < 1.29 is 14.7 Å². The molecule has 2 aliphatic rings. The smallest absolute Gasteiger partial charge is 0.203 e. The summed E-state index contributed by atoms with van der Waals surface area (Å²) < 4.78 is 13.3. The van der Waals surface area contributed by atoms with Gasteiger partial charge >= 0.3 is 0 Å². The summed E-state index contributed by atoms with van der Waals surface area (Å²) in [5.74, 6) is -0.313. The summed E-state index contributed by atoms with van der Waals surface area (Å²) in [7, 11) is 0. The van der Waals surface area contributed by atoms with Gasteiger partial charge in [0.25, 0.3) is 0 Å². The van der Waals surface area contributed by atoms with Gasteiger partial charge in [-0.25, -0.2) is 9.37 Å². The normalized spacial score (nSPS) is 34.6. The molecular formula is C13H14FN3+2. The van der Waals surface area contributed by atoms with Crippen molar-refractivity contribution in [2.75, 3.05) is 0 Å². The van der Waals surface area contributed by atoms with Gasteiger partial charge in [-0.05, 0) is 18.2 Å². The van der Waals surface area contributed by atoms with Crippen molar-refractivity contribution in [3.05, 3.63) is 42.0 Å². The number of halogens is 1. The number of nitriles is 1. The predicted octanol–water partition coefficient (Wildman–Crippen LogP) is 0.0654. The van der Waals surface area contributed by atoms with Crippen molar-refractivity contribution in [2.45, 2.75) is 30.3 Å². The number of fused-ring (bicyclic) bond motifs is 2. The second-order valence-electron chi connectivity index (χ2n) is 4.95. The Morgan fingerprint density at radius 2 is 2.06 bits per heavy atom. The minimum Gasteiger partial charge on any atom is -0.335 e. The zero-order chi connectivity index (χ0) is 11.9. The van der Waals surface area contributed by atoms with E-state index in [1.54, 1.807) is 6.20 Å². The molecule has 1 fully saturated rings. The number of nitrogens with zero attached hydrogens (tertiary/aromatic N) is 1. The van der Waals surface area contributed by atoms with Gasteiger partial charge in [-0.15, -0.1) is 0 Å². The summed E-state index contributed by atoms with van der Waals surface area (Å²) in [4.78, 5) is 2.78. The molecule has 1 saturated heterocycles. The van der Waals surface area contributed by atoms with E-state index < -0.39 is 5.41 Å². The molecule has 0 amide bonds. The molecule has 0 saturated carbocycles. The molecule has 3 rings (SSSR count). The van der Waals surface area contributed by atoms with Gasteiger partial charge in [0.15, 0.2) is 12.0 Å². The molecule has 4 heteroatoms. The van der Waals surface area contributed by atoms with Gasteiger partial charge in [-0.1, -0.05) is 0 Å². The summed E-state index contributed by atoms with van der Waals surface area (Å²) in [5, 5.41) is 11.8. The van der Waals surface area contributed by atoms with Gasteiger partial charge < -0.3 is 5.32 Å². The summed E-state index contributed by atoms with van der Waals surface area (Å²) in [5.41, 5.74) is 0.221. The van der Waals surface area contributed by atoms with Crippen LogP contribution in [0.15, 0.2) is 30.6 Å². The number of nitrogens with two attached hydrogens (primary N) is 1. The highest BCUT2D eigenvalue weighted by atomic mass is 19.1. The first-order chi connectivity index (χ1) is 8.22. The minimum absolute atomic E-state index is 0.313. The molecule has 17 heavy (non-hydrogen) atoms. The minimum atomic E-state index is -0.549. The lowest BCUT2D eigenvalue weighted by atomic mass is 9.72. The molecule has 86 valence electrons. The standard InChI is InChI=1S/C13H12FN3/c14-10-3-9(6-16-7-10)13(8-15)4-11-1-2-12(5-13)17-11/h1-3,6-7,11-12,17H,4-5H2/p+2/t11-,12+,13?. The van der Waals surface area contributed by atoms with Gasteiger partial charge in [0.05, 0.1) is 6.07 Å². The SMILES string of the molecule is N#CC1(c2c[nH+]cc(F)c2)C[C@H]2C=C[C@@H](C1)[NH2+]2. The highest BCUT2D eigenvalue weighted by molar-refractivity contribution is 5.33. The van der Waals surface area contributed by atoms with Crippen LogP contribution in [0.2, 0.25) is 0 Å². The largest absolute Gasteiger partial charge is 0.335 e. The maximum atomic E-state index is 13.3. The first kappa shape index (κ1) is 10.4. The van der Waals surface area contributed by atoms with Crippen LogP contribution < -0.4 is 10.3 Å². The zero-order valence-electron chi connectivity index (χ0n) is 9.36. The maximum Gasteiger partial charge on any atom is 0.203 e. The Bertz CT molecular complexity index is 504. The number of aromatic amines is 1. The molecule has 3 N–H and O–H groups in total. The topological polar surface area (TPSA) is 54.5 Å². The second-order valence-corrected chi connectivity index (χ2v) is 4.95. The number of rotatable bonds is 1. The fourth-order valence-electron chi connectivity index (χ4n) is 3.00. The van der Waals surface area contributed by atoms with Crippen LogP contribution in [-0.2, 0) is 5.41 Å². The average molecular weight is 231 g/mol. The molecule has 3 nitrogen and oxygen atoms in total. The molecule has 3 atom stereocenters. The van der Waals surface area contributed by atoms with Gasteiger partial charge in [-0.2, -0.15) is 5.26 Å². The lowest BCUT2D eigenvalue weighted by Crippen LogP contribution is -2.94. The van der Waals surface area contributed by atoms with E-state index in [9.17, 15) is 9.65 Å². The lowest BCUT2D eigenvalue weighted by molar-refractivity contribution is -0.705. The highest BCUT2D eigenvalue weighted by Crippen LogP contribution is 2.36. The van der Waals surface area contributed by atoms with E-state index in [0.717, 1.165) is 18.4 Å². The number of nitrogens with one attached hydrogen (secondary N) is 1. The zero-order valence-corrected chi connectivity index (χ0v) is 9.36. The van der Waals surface area contributed by atoms with Gasteiger partial charge in [0, 0.05) is 18.4 Å².